The van der Waals surface area contributed by atoms with Crippen LogP contribution in [0.5, 0.6) is 0 Å². The van der Waals surface area contributed by atoms with Crippen LogP contribution in [0.1, 0.15) is 31.5 Å². The van der Waals surface area contributed by atoms with Gasteiger partial charge in [-0.05, 0) is 39.8 Å². The van der Waals surface area contributed by atoms with Crippen LogP contribution in [0.3, 0.4) is 0 Å². The number of carbonyl (C=O) groups is 1. The second-order valence-electron chi connectivity index (χ2n) is 4.40. The first-order valence-corrected chi connectivity index (χ1v) is 5.67. The maximum Gasteiger partial charge on any atom is 0.240 e. The Hall–Kier alpha value is -1.23. The minimum atomic E-state index is 0.251. The van der Waals surface area contributed by atoms with Crippen molar-refractivity contribution in [1.82, 2.24) is 15.0 Å². The first-order valence-electron chi connectivity index (χ1n) is 5.67. The second-order valence-corrected chi connectivity index (χ2v) is 4.40. The van der Waals surface area contributed by atoms with Crippen molar-refractivity contribution in [2.24, 2.45) is 5.92 Å². The molecular weight excluding hydrogens is 206 g/mol. The monoisotopic (exact) mass is 223 g/mol. The van der Waals surface area contributed by atoms with E-state index in [4.69, 9.17) is 4.52 Å². The van der Waals surface area contributed by atoms with Crippen LogP contribution in [0, 0.1) is 12.8 Å². The summed E-state index contributed by atoms with van der Waals surface area (Å²) in [6, 6.07) is 0. The Labute approximate surface area is 94.8 Å². The smallest absolute Gasteiger partial charge is 0.240 e. The molecule has 0 saturated carbocycles. The average molecular weight is 223 g/mol. The maximum atomic E-state index is 11.2. The van der Waals surface area contributed by atoms with Crippen LogP contribution in [0.4, 0.5) is 0 Å². The van der Waals surface area contributed by atoms with Crippen molar-refractivity contribution < 1.29 is 9.32 Å². The molecule has 0 unspecified atom stereocenters. The zero-order chi connectivity index (χ0) is 11.5. The van der Waals surface area contributed by atoms with Crippen LogP contribution in [0.25, 0.3) is 0 Å². The first kappa shape index (κ1) is 11.3. The topological polar surface area (TPSA) is 59.2 Å². The lowest BCUT2D eigenvalue weighted by molar-refractivity contribution is -0.122. The summed E-state index contributed by atoms with van der Waals surface area (Å²) < 4.78 is 5.07. The number of hydrogen-bond donors (Lipinski definition) is 0. The normalized spacial score (nSPS) is 18.9. The number of aromatic nitrogens is 2. The molecular formula is C11H17N3O2. The highest BCUT2D eigenvalue weighted by Gasteiger charge is 2.23. The molecule has 1 aromatic rings. The molecule has 1 aromatic heterocycles. The summed E-state index contributed by atoms with van der Waals surface area (Å²) in [7, 11) is 0. The van der Waals surface area contributed by atoms with Gasteiger partial charge in [0.05, 0.1) is 6.54 Å². The van der Waals surface area contributed by atoms with Gasteiger partial charge in [-0.15, -0.1) is 0 Å². The highest BCUT2D eigenvalue weighted by molar-refractivity contribution is 5.78. The van der Waals surface area contributed by atoms with Gasteiger partial charge in [0.25, 0.3) is 0 Å². The van der Waals surface area contributed by atoms with Crippen molar-refractivity contribution in [1.29, 1.82) is 0 Å². The van der Waals surface area contributed by atoms with Crippen molar-refractivity contribution in [2.75, 3.05) is 13.1 Å². The van der Waals surface area contributed by atoms with Crippen LogP contribution in [0.15, 0.2) is 4.52 Å². The number of hydrogen-bond acceptors (Lipinski definition) is 5. The molecule has 1 fully saturated rings. The Kier molecular flexibility index (Phi) is 3.33. The van der Waals surface area contributed by atoms with E-state index in [1.165, 1.54) is 0 Å². The van der Waals surface area contributed by atoms with Crippen molar-refractivity contribution in [3.63, 3.8) is 0 Å². The van der Waals surface area contributed by atoms with Crippen LogP contribution >= 0.6 is 0 Å². The van der Waals surface area contributed by atoms with E-state index in [0.717, 1.165) is 25.9 Å². The Morgan fingerprint density at radius 2 is 2.19 bits per heavy atom. The number of likely N-dealkylation sites (tertiary alicyclic amines) is 1. The number of ketones is 1. The molecule has 0 bridgehead atoms. The zero-order valence-electron chi connectivity index (χ0n) is 9.77. The van der Waals surface area contributed by atoms with E-state index in [0.29, 0.717) is 24.0 Å². The van der Waals surface area contributed by atoms with Crippen molar-refractivity contribution in [3.8, 4) is 0 Å². The lowest BCUT2D eigenvalue weighted by Crippen LogP contribution is -2.35. The number of nitrogens with zero attached hydrogens (tertiary/aromatic N) is 3. The number of carbonyl (C=O) groups excluding carboxylic acids is 1. The molecule has 0 amide bonds. The van der Waals surface area contributed by atoms with E-state index in [-0.39, 0.29) is 5.92 Å². The van der Waals surface area contributed by atoms with E-state index in [2.05, 4.69) is 15.0 Å². The predicted octanol–water partition coefficient (Wildman–Crippen LogP) is 1.18. The largest absolute Gasteiger partial charge is 0.338 e. The van der Waals surface area contributed by atoms with Crippen molar-refractivity contribution in [3.05, 3.63) is 11.7 Å². The molecule has 0 aromatic carbocycles. The van der Waals surface area contributed by atoms with Crippen LogP contribution in [-0.4, -0.2) is 33.9 Å². The number of aryl methyl sites for hydroxylation is 1. The lowest BCUT2D eigenvalue weighted by Gasteiger charge is -2.29. The fourth-order valence-electron chi connectivity index (χ4n) is 2.09. The third-order valence-corrected chi connectivity index (χ3v) is 3.09. The minimum Gasteiger partial charge on any atom is -0.338 e. The van der Waals surface area contributed by atoms with Crippen molar-refractivity contribution >= 4 is 5.78 Å². The molecule has 16 heavy (non-hydrogen) atoms. The third-order valence-electron chi connectivity index (χ3n) is 3.09. The molecule has 1 aliphatic rings. The Bertz CT molecular complexity index is 367. The van der Waals surface area contributed by atoms with Gasteiger partial charge in [-0.1, -0.05) is 5.16 Å². The van der Waals surface area contributed by atoms with E-state index >= 15 is 0 Å². The number of piperidine rings is 1. The molecule has 1 saturated heterocycles. The quantitative estimate of drug-likeness (QED) is 0.770. The molecule has 0 aliphatic carbocycles. The summed E-state index contributed by atoms with van der Waals surface area (Å²) in [5.74, 6) is 1.90. The highest BCUT2D eigenvalue weighted by atomic mass is 16.5. The fourth-order valence-corrected chi connectivity index (χ4v) is 2.09. The van der Waals surface area contributed by atoms with Gasteiger partial charge in [-0.3, -0.25) is 9.69 Å². The molecule has 88 valence electrons. The van der Waals surface area contributed by atoms with Gasteiger partial charge in [-0.25, -0.2) is 0 Å². The summed E-state index contributed by atoms with van der Waals surface area (Å²) in [5.41, 5.74) is 0. The van der Waals surface area contributed by atoms with Gasteiger partial charge in [0.1, 0.15) is 5.78 Å². The SMILES string of the molecule is CC(=O)C1CCN(Cc2nc(C)no2)CC1. The summed E-state index contributed by atoms with van der Waals surface area (Å²) in [6.45, 7) is 6.07. The molecule has 0 radical (unpaired) electrons. The fraction of sp³-hybridized carbons (Fsp3) is 0.727. The number of Topliss-reactive ketones (excluding diaryl/α,β-unsaturated/α-hetero) is 1. The number of rotatable bonds is 3. The van der Waals surface area contributed by atoms with Gasteiger partial charge in [0.15, 0.2) is 5.82 Å². The minimum absolute atomic E-state index is 0.251. The van der Waals surface area contributed by atoms with Crippen LogP contribution < -0.4 is 0 Å². The Morgan fingerprint density at radius 3 is 2.69 bits per heavy atom. The summed E-state index contributed by atoms with van der Waals surface area (Å²) in [6.07, 6.45) is 1.89. The standard InChI is InChI=1S/C11H17N3O2/c1-8(15)10-3-5-14(6-4-10)7-11-12-9(2)13-16-11/h10H,3-7H2,1-2H3. The molecule has 0 spiro atoms. The lowest BCUT2D eigenvalue weighted by atomic mass is 9.93. The average Bonchev–Trinajstić information content (AvgIpc) is 2.65. The molecule has 1 aliphatic heterocycles. The van der Waals surface area contributed by atoms with Crippen LogP contribution in [-0.2, 0) is 11.3 Å². The third kappa shape index (κ3) is 2.66. The second kappa shape index (κ2) is 4.74. The molecule has 2 heterocycles. The van der Waals surface area contributed by atoms with E-state index in [1.54, 1.807) is 6.92 Å². The summed E-state index contributed by atoms with van der Waals surface area (Å²) in [4.78, 5) is 17.6. The molecule has 2 rings (SSSR count). The molecule has 0 N–H and O–H groups in total. The Morgan fingerprint density at radius 1 is 1.50 bits per heavy atom. The van der Waals surface area contributed by atoms with E-state index < -0.39 is 0 Å². The Balaban J connectivity index is 1.83. The zero-order valence-corrected chi connectivity index (χ0v) is 9.77. The van der Waals surface area contributed by atoms with Gasteiger partial charge >= 0.3 is 0 Å². The molecule has 5 nitrogen and oxygen atoms in total. The molecule has 5 heteroatoms. The van der Waals surface area contributed by atoms with Gasteiger partial charge in [0.2, 0.25) is 5.89 Å². The van der Waals surface area contributed by atoms with Gasteiger partial charge in [0, 0.05) is 5.92 Å². The maximum absolute atomic E-state index is 11.2. The summed E-state index contributed by atoms with van der Waals surface area (Å²) >= 11 is 0. The van der Waals surface area contributed by atoms with E-state index in [1.807, 2.05) is 6.92 Å². The highest BCUT2D eigenvalue weighted by Crippen LogP contribution is 2.19. The van der Waals surface area contributed by atoms with Gasteiger partial charge < -0.3 is 4.52 Å². The van der Waals surface area contributed by atoms with E-state index in [9.17, 15) is 4.79 Å². The van der Waals surface area contributed by atoms with Crippen molar-refractivity contribution in [2.45, 2.75) is 33.2 Å². The summed E-state index contributed by atoms with van der Waals surface area (Å²) in [5, 5.41) is 3.76. The van der Waals surface area contributed by atoms with Gasteiger partial charge in [-0.2, -0.15) is 4.98 Å². The predicted molar refractivity (Wildman–Crippen MR) is 57.7 cm³/mol. The molecule has 0 atom stereocenters. The first-order chi connectivity index (χ1) is 7.65. The van der Waals surface area contributed by atoms with Crippen LogP contribution in [0.2, 0.25) is 0 Å².